The first-order chi connectivity index (χ1) is 7.16. The number of carbonyl (C=O) groups is 2. The highest BCUT2D eigenvalue weighted by Gasteiger charge is 2.00. The van der Waals surface area contributed by atoms with Crippen LogP contribution < -0.4 is 5.32 Å². The third-order valence-electron chi connectivity index (χ3n) is 1.67. The molecule has 0 aromatic rings. The van der Waals surface area contributed by atoms with Crippen LogP contribution in [0.25, 0.3) is 0 Å². The van der Waals surface area contributed by atoms with Crippen LogP contribution in [0.5, 0.6) is 0 Å². The number of ether oxygens (including phenoxy) is 2. The average molecular weight is 217 g/mol. The molecule has 0 atom stereocenters. The standard InChI is InChI=1S/C10H19NO4/c1-3-4-5-6-11-10(13)15-8-7-14-9(2)12/h3-8H2,1-2H3,(H,11,13). The van der Waals surface area contributed by atoms with E-state index in [0.29, 0.717) is 6.54 Å². The molecular weight excluding hydrogens is 198 g/mol. The number of hydrogen-bond donors (Lipinski definition) is 1. The summed E-state index contributed by atoms with van der Waals surface area (Å²) in [5.74, 6) is -0.373. The number of unbranched alkanes of at least 4 members (excludes halogenated alkanes) is 2. The van der Waals surface area contributed by atoms with Gasteiger partial charge >= 0.3 is 12.1 Å². The predicted octanol–water partition coefficient (Wildman–Crippen LogP) is 1.47. The highest BCUT2D eigenvalue weighted by molar-refractivity contribution is 5.67. The van der Waals surface area contributed by atoms with Crippen LogP contribution in [-0.4, -0.2) is 31.8 Å². The molecule has 15 heavy (non-hydrogen) atoms. The van der Waals surface area contributed by atoms with Crippen molar-refractivity contribution < 1.29 is 19.1 Å². The van der Waals surface area contributed by atoms with Crippen LogP contribution >= 0.6 is 0 Å². The average Bonchev–Trinajstić information content (AvgIpc) is 2.19. The van der Waals surface area contributed by atoms with Crippen molar-refractivity contribution >= 4 is 12.1 Å². The smallest absolute Gasteiger partial charge is 0.407 e. The first-order valence-electron chi connectivity index (χ1n) is 5.20. The molecule has 0 saturated heterocycles. The molecule has 0 bridgehead atoms. The zero-order valence-electron chi connectivity index (χ0n) is 9.38. The first kappa shape index (κ1) is 13.7. The van der Waals surface area contributed by atoms with Gasteiger partial charge in [-0.2, -0.15) is 0 Å². The van der Waals surface area contributed by atoms with Crippen LogP contribution in [0.1, 0.15) is 33.1 Å². The maximum Gasteiger partial charge on any atom is 0.407 e. The Balaban J connectivity index is 3.22. The van der Waals surface area contributed by atoms with E-state index in [-0.39, 0.29) is 19.2 Å². The Morgan fingerprint density at radius 1 is 1.13 bits per heavy atom. The van der Waals surface area contributed by atoms with Crippen LogP contribution in [0.3, 0.4) is 0 Å². The molecule has 1 amide bonds. The topological polar surface area (TPSA) is 64.6 Å². The lowest BCUT2D eigenvalue weighted by atomic mass is 10.2. The number of nitrogens with one attached hydrogen (secondary N) is 1. The van der Waals surface area contributed by atoms with E-state index in [1.807, 2.05) is 0 Å². The molecule has 0 spiro atoms. The van der Waals surface area contributed by atoms with Crippen molar-refractivity contribution in [1.29, 1.82) is 0 Å². The Kier molecular flexibility index (Phi) is 8.52. The lowest BCUT2D eigenvalue weighted by Gasteiger charge is -2.06. The zero-order valence-corrected chi connectivity index (χ0v) is 9.38. The van der Waals surface area contributed by atoms with E-state index in [9.17, 15) is 9.59 Å². The molecule has 0 unspecified atom stereocenters. The van der Waals surface area contributed by atoms with E-state index in [1.54, 1.807) is 0 Å². The SMILES string of the molecule is CCCCCNC(=O)OCCOC(C)=O. The maximum absolute atomic E-state index is 11.0. The van der Waals surface area contributed by atoms with E-state index in [0.717, 1.165) is 19.3 Å². The number of amides is 1. The third kappa shape index (κ3) is 10.7. The Hall–Kier alpha value is -1.26. The Morgan fingerprint density at radius 3 is 2.40 bits per heavy atom. The fraction of sp³-hybridized carbons (Fsp3) is 0.800. The van der Waals surface area contributed by atoms with Crippen molar-refractivity contribution in [2.24, 2.45) is 0 Å². The lowest BCUT2D eigenvalue weighted by molar-refractivity contribution is -0.141. The fourth-order valence-electron chi connectivity index (χ4n) is 0.936. The Bertz CT molecular complexity index is 194. The number of rotatable bonds is 7. The Morgan fingerprint density at radius 2 is 1.80 bits per heavy atom. The molecule has 0 rings (SSSR count). The molecule has 0 saturated carbocycles. The van der Waals surface area contributed by atoms with Crippen molar-refractivity contribution in [3.05, 3.63) is 0 Å². The van der Waals surface area contributed by atoms with Gasteiger partial charge in [-0.3, -0.25) is 4.79 Å². The molecule has 0 heterocycles. The second kappa shape index (κ2) is 9.30. The van der Waals surface area contributed by atoms with Gasteiger partial charge in [0.25, 0.3) is 0 Å². The summed E-state index contributed by atoms with van der Waals surface area (Å²) < 4.78 is 9.34. The van der Waals surface area contributed by atoms with Gasteiger partial charge in [0.05, 0.1) is 0 Å². The Labute approximate surface area is 90.1 Å². The maximum atomic E-state index is 11.0. The summed E-state index contributed by atoms with van der Waals surface area (Å²) in [7, 11) is 0. The molecule has 0 aromatic carbocycles. The molecule has 5 nitrogen and oxygen atoms in total. The van der Waals surface area contributed by atoms with Gasteiger partial charge in [0.15, 0.2) is 0 Å². The van der Waals surface area contributed by atoms with Gasteiger partial charge in [0.2, 0.25) is 0 Å². The fourth-order valence-corrected chi connectivity index (χ4v) is 0.936. The lowest BCUT2D eigenvalue weighted by Crippen LogP contribution is -2.26. The molecular formula is C10H19NO4. The summed E-state index contributed by atoms with van der Waals surface area (Å²) in [6, 6.07) is 0. The van der Waals surface area contributed by atoms with Crippen LogP contribution in [0, 0.1) is 0 Å². The summed E-state index contributed by atoms with van der Waals surface area (Å²) in [4.78, 5) is 21.3. The van der Waals surface area contributed by atoms with Crippen molar-refractivity contribution in [3.63, 3.8) is 0 Å². The van der Waals surface area contributed by atoms with Crippen LogP contribution in [0.2, 0.25) is 0 Å². The minimum atomic E-state index is -0.460. The van der Waals surface area contributed by atoms with Gasteiger partial charge in [-0.15, -0.1) is 0 Å². The molecule has 0 fully saturated rings. The highest BCUT2D eigenvalue weighted by atomic mass is 16.6. The van der Waals surface area contributed by atoms with Gasteiger partial charge in [0.1, 0.15) is 13.2 Å². The molecule has 0 radical (unpaired) electrons. The van der Waals surface area contributed by atoms with Crippen LogP contribution in [-0.2, 0) is 14.3 Å². The molecule has 0 aliphatic carbocycles. The molecule has 5 heteroatoms. The van der Waals surface area contributed by atoms with Gasteiger partial charge in [-0.25, -0.2) is 4.79 Å². The minimum Gasteiger partial charge on any atom is -0.462 e. The van der Waals surface area contributed by atoms with Gasteiger partial charge in [0, 0.05) is 13.5 Å². The predicted molar refractivity (Wildman–Crippen MR) is 55.5 cm³/mol. The number of alkyl carbamates (subject to hydrolysis) is 1. The summed E-state index contributed by atoms with van der Waals surface area (Å²) in [6.45, 7) is 4.24. The highest BCUT2D eigenvalue weighted by Crippen LogP contribution is 1.91. The molecule has 1 N–H and O–H groups in total. The van der Waals surface area contributed by atoms with E-state index < -0.39 is 6.09 Å². The second-order valence-corrected chi connectivity index (χ2v) is 3.11. The van der Waals surface area contributed by atoms with Crippen LogP contribution in [0.4, 0.5) is 4.79 Å². The normalized spacial score (nSPS) is 9.47. The van der Waals surface area contributed by atoms with E-state index >= 15 is 0 Å². The van der Waals surface area contributed by atoms with Crippen molar-refractivity contribution in [3.8, 4) is 0 Å². The van der Waals surface area contributed by atoms with Gasteiger partial charge in [-0.1, -0.05) is 19.8 Å². The third-order valence-corrected chi connectivity index (χ3v) is 1.67. The van der Waals surface area contributed by atoms with Gasteiger partial charge in [-0.05, 0) is 6.42 Å². The van der Waals surface area contributed by atoms with E-state index in [1.165, 1.54) is 6.92 Å². The second-order valence-electron chi connectivity index (χ2n) is 3.11. The zero-order chi connectivity index (χ0) is 11.5. The van der Waals surface area contributed by atoms with Crippen molar-refractivity contribution in [2.45, 2.75) is 33.1 Å². The molecule has 0 aromatic heterocycles. The van der Waals surface area contributed by atoms with Crippen molar-refractivity contribution in [1.82, 2.24) is 5.32 Å². The monoisotopic (exact) mass is 217 g/mol. The van der Waals surface area contributed by atoms with Gasteiger partial charge < -0.3 is 14.8 Å². The quantitative estimate of drug-likeness (QED) is 0.518. The number of hydrogen-bond acceptors (Lipinski definition) is 4. The number of carbonyl (C=O) groups excluding carboxylic acids is 2. The number of esters is 1. The van der Waals surface area contributed by atoms with Crippen LogP contribution in [0.15, 0.2) is 0 Å². The largest absolute Gasteiger partial charge is 0.462 e. The van der Waals surface area contributed by atoms with E-state index in [2.05, 4.69) is 17.0 Å². The summed E-state index contributed by atoms with van der Waals surface area (Å²) in [5.41, 5.74) is 0. The molecule has 0 aliphatic rings. The van der Waals surface area contributed by atoms with Crippen molar-refractivity contribution in [2.75, 3.05) is 19.8 Å². The van der Waals surface area contributed by atoms with E-state index in [4.69, 9.17) is 4.74 Å². The first-order valence-corrected chi connectivity index (χ1v) is 5.20. The molecule has 88 valence electrons. The summed E-state index contributed by atoms with van der Waals surface area (Å²) >= 11 is 0. The minimum absolute atomic E-state index is 0.0964. The summed E-state index contributed by atoms with van der Waals surface area (Å²) in [5, 5.41) is 2.60. The molecule has 0 aliphatic heterocycles. The summed E-state index contributed by atoms with van der Waals surface area (Å²) in [6.07, 6.45) is 2.70.